The average molecular weight is 437 g/mol. The molecule has 2 aromatic heterocycles. The highest BCUT2D eigenvalue weighted by Gasteiger charge is 2.33. The Morgan fingerprint density at radius 2 is 1.84 bits per heavy atom. The summed E-state index contributed by atoms with van der Waals surface area (Å²) >= 11 is 0. The van der Waals surface area contributed by atoms with E-state index in [1.165, 1.54) is 11.8 Å². The number of rotatable bonds is 6. The molecule has 4 rings (SSSR count). The van der Waals surface area contributed by atoms with Crippen molar-refractivity contribution in [2.45, 2.75) is 45.6 Å². The third-order valence-electron chi connectivity index (χ3n) is 5.87. The van der Waals surface area contributed by atoms with Gasteiger partial charge < -0.3 is 19.2 Å². The van der Waals surface area contributed by atoms with Crippen LogP contribution in [0.3, 0.4) is 0 Å². The zero-order chi connectivity index (χ0) is 22.7. The van der Waals surface area contributed by atoms with E-state index in [0.29, 0.717) is 24.8 Å². The number of benzene rings is 1. The molecule has 2 amide bonds. The minimum Gasteiger partial charge on any atom is -0.459 e. The first kappa shape index (κ1) is 21.8. The molecule has 168 valence electrons. The van der Waals surface area contributed by atoms with Crippen LogP contribution in [0.25, 0.3) is 11.4 Å². The molecule has 32 heavy (non-hydrogen) atoms. The standard InChI is InChI=1S/C24H28N4O4/c1-15(2)20(25-22(29)19-5-4-14-31-19)24(30)28-12-10-18(11-13-28)23-26-21(27-32-23)17-8-6-16(3)7-9-17/h4-9,14-15,18,20H,10-13H2,1-3H3,(H,25,29). The van der Waals surface area contributed by atoms with Crippen LogP contribution in [0.5, 0.6) is 0 Å². The Balaban J connectivity index is 1.36. The lowest BCUT2D eigenvalue weighted by Gasteiger charge is -2.34. The summed E-state index contributed by atoms with van der Waals surface area (Å²) in [6, 6.07) is 10.6. The number of hydrogen-bond acceptors (Lipinski definition) is 6. The van der Waals surface area contributed by atoms with Gasteiger partial charge in [-0.05, 0) is 37.8 Å². The van der Waals surface area contributed by atoms with Crippen molar-refractivity contribution in [3.8, 4) is 11.4 Å². The fraction of sp³-hybridized carbons (Fsp3) is 0.417. The second-order valence-electron chi connectivity index (χ2n) is 8.59. The summed E-state index contributed by atoms with van der Waals surface area (Å²) < 4.78 is 10.7. The van der Waals surface area contributed by atoms with Gasteiger partial charge in [0.1, 0.15) is 6.04 Å². The molecule has 1 saturated heterocycles. The summed E-state index contributed by atoms with van der Waals surface area (Å²) in [7, 11) is 0. The smallest absolute Gasteiger partial charge is 0.287 e. The number of amides is 2. The van der Waals surface area contributed by atoms with Gasteiger partial charge in [-0.1, -0.05) is 48.8 Å². The van der Waals surface area contributed by atoms with Crippen molar-refractivity contribution in [3.63, 3.8) is 0 Å². The fourth-order valence-corrected chi connectivity index (χ4v) is 3.90. The second-order valence-corrected chi connectivity index (χ2v) is 8.59. The van der Waals surface area contributed by atoms with Crippen molar-refractivity contribution < 1.29 is 18.5 Å². The zero-order valence-corrected chi connectivity index (χ0v) is 18.6. The summed E-state index contributed by atoms with van der Waals surface area (Å²) in [5, 5.41) is 6.95. The first-order valence-corrected chi connectivity index (χ1v) is 11.0. The van der Waals surface area contributed by atoms with Crippen LogP contribution in [0.1, 0.15) is 54.6 Å². The van der Waals surface area contributed by atoms with Gasteiger partial charge in [0.25, 0.3) is 5.91 Å². The molecule has 3 aromatic rings. The van der Waals surface area contributed by atoms with Crippen LogP contribution < -0.4 is 5.32 Å². The molecule has 1 N–H and O–H groups in total. The van der Waals surface area contributed by atoms with E-state index in [2.05, 4.69) is 15.5 Å². The summed E-state index contributed by atoms with van der Waals surface area (Å²) in [4.78, 5) is 31.9. The molecule has 0 saturated carbocycles. The Hall–Kier alpha value is -3.42. The van der Waals surface area contributed by atoms with Gasteiger partial charge in [0.05, 0.1) is 6.26 Å². The number of nitrogens with one attached hydrogen (secondary N) is 1. The second kappa shape index (κ2) is 9.38. The highest BCUT2D eigenvalue weighted by Crippen LogP contribution is 2.29. The van der Waals surface area contributed by atoms with Gasteiger partial charge in [-0.2, -0.15) is 4.98 Å². The van der Waals surface area contributed by atoms with Crippen molar-refractivity contribution in [1.82, 2.24) is 20.4 Å². The molecule has 1 aromatic carbocycles. The number of piperidine rings is 1. The predicted molar refractivity (Wildman–Crippen MR) is 118 cm³/mol. The number of carbonyl (C=O) groups is 2. The monoisotopic (exact) mass is 436 g/mol. The number of nitrogens with zero attached hydrogens (tertiary/aromatic N) is 3. The number of aryl methyl sites for hydroxylation is 1. The lowest BCUT2D eigenvalue weighted by atomic mass is 9.95. The molecule has 1 unspecified atom stereocenters. The lowest BCUT2D eigenvalue weighted by molar-refractivity contribution is -0.135. The van der Waals surface area contributed by atoms with Crippen molar-refractivity contribution in [1.29, 1.82) is 0 Å². The molecular formula is C24H28N4O4. The Bertz CT molecular complexity index is 1050. The first-order valence-electron chi connectivity index (χ1n) is 11.0. The lowest BCUT2D eigenvalue weighted by Crippen LogP contribution is -2.52. The van der Waals surface area contributed by atoms with Gasteiger partial charge in [-0.15, -0.1) is 0 Å². The maximum atomic E-state index is 13.1. The molecule has 3 heterocycles. The molecule has 1 aliphatic heterocycles. The van der Waals surface area contributed by atoms with Crippen LogP contribution in [0.4, 0.5) is 0 Å². The Kier molecular flexibility index (Phi) is 6.39. The molecule has 0 aliphatic carbocycles. The predicted octanol–water partition coefficient (Wildman–Crippen LogP) is 3.80. The molecule has 1 aliphatic rings. The molecule has 8 heteroatoms. The molecule has 0 spiro atoms. The molecular weight excluding hydrogens is 408 g/mol. The molecule has 1 atom stereocenters. The van der Waals surface area contributed by atoms with Crippen molar-refractivity contribution in [3.05, 3.63) is 59.9 Å². The van der Waals surface area contributed by atoms with Crippen LogP contribution in [0.15, 0.2) is 51.6 Å². The summed E-state index contributed by atoms with van der Waals surface area (Å²) in [5.41, 5.74) is 2.10. The summed E-state index contributed by atoms with van der Waals surface area (Å²) in [5.74, 6) is 0.991. The van der Waals surface area contributed by atoms with Gasteiger partial charge in [-0.25, -0.2) is 0 Å². The zero-order valence-electron chi connectivity index (χ0n) is 18.6. The molecule has 0 radical (unpaired) electrons. The van der Waals surface area contributed by atoms with E-state index in [-0.39, 0.29) is 29.4 Å². The highest BCUT2D eigenvalue weighted by molar-refractivity contribution is 5.95. The number of hydrogen-bond donors (Lipinski definition) is 1. The minimum atomic E-state index is -0.610. The Morgan fingerprint density at radius 3 is 2.47 bits per heavy atom. The quantitative estimate of drug-likeness (QED) is 0.631. The van der Waals surface area contributed by atoms with Gasteiger partial charge >= 0.3 is 0 Å². The van der Waals surface area contributed by atoms with Gasteiger partial charge in [0.2, 0.25) is 17.6 Å². The van der Waals surface area contributed by atoms with Crippen molar-refractivity contribution in [2.75, 3.05) is 13.1 Å². The van der Waals surface area contributed by atoms with Crippen LogP contribution in [0.2, 0.25) is 0 Å². The topological polar surface area (TPSA) is 101 Å². The third kappa shape index (κ3) is 4.74. The van der Waals surface area contributed by atoms with Gasteiger partial charge in [0.15, 0.2) is 5.76 Å². The Morgan fingerprint density at radius 1 is 1.12 bits per heavy atom. The average Bonchev–Trinajstić information content (AvgIpc) is 3.50. The van der Waals surface area contributed by atoms with E-state index in [9.17, 15) is 9.59 Å². The summed E-state index contributed by atoms with van der Waals surface area (Å²) in [6.45, 7) is 7.02. The van der Waals surface area contributed by atoms with Crippen LogP contribution in [-0.4, -0.2) is 46.0 Å². The molecule has 0 bridgehead atoms. The van der Waals surface area contributed by atoms with E-state index < -0.39 is 6.04 Å². The fourth-order valence-electron chi connectivity index (χ4n) is 3.90. The SMILES string of the molecule is Cc1ccc(-c2noc(C3CCN(C(=O)C(NC(=O)c4ccco4)C(C)C)CC3)n2)cc1. The van der Waals surface area contributed by atoms with Gasteiger partial charge in [0, 0.05) is 24.6 Å². The van der Waals surface area contributed by atoms with Crippen LogP contribution in [-0.2, 0) is 4.79 Å². The maximum absolute atomic E-state index is 13.1. The normalized spacial score (nSPS) is 15.7. The van der Waals surface area contributed by atoms with E-state index >= 15 is 0 Å². The number of aromatic nitrogens is 2. The summed E-state index contributed by atoms with van der Waals surface area (Å²) in [6.07, 6.45) is 2.91. The maximum Gasteiger partial charge on any atom is 0.287 e. The van der Waals surface area contributed by atoms with Crippen LogP contribution >= 0.6 is 0 Å². The van der Waals surface area contributed by atoms with E-state index in [1.807, 2.05) is 45.0 Å². The van der Waals surface area contributed by atoms with E-state index in [1.54, 1.807) is 17.0 Å². The highest BCUT2D eigenvalue weighted by atomic mass is 16.5. The number of likely N-dealkylation sites (tertiary alicyclic amines) is 1. The molecule has 8 nitrogen and oxygen atoms in total. The number of carbonyl (C=O) groups excluding carboxylic acids is 2. The third-order valence-corrected chi connectivity index (χ3v) is 5.87. The van der Waals surface area contributed by atoms with Crippen molar-refractivity contribution in [2.24, 2.45) is 5.92 Å². The van der Waals surface area contributed by atoms with Gasteiger partial charge in [-0.3, -0.25) is 9.59 Å². The molecule has 1 fully saturated rings. The Labute approximate surface area is 187 Å². The van der Waals surface area contributed by atoms with E-state index in [4.69, 9.17) is 8.94 Å². The van der Waals surface area contributed by atoms with Crippen LogP contribution in [0, 0.1) is 12.8 Å². The minimum absolute atomic E-state index is 0.0489. The van der Waals surface area contributed by atoms with E-state index in [0.717, 1.165) is 18.4 Å². The first-order chi connectivity index (χ1) is 15.4. The number of furan rings is 1. The largest absolute Gasteiger partial charge is 0.459 e. The van der Waals surface area contributed by atoms with Crippen molar-refractivity contribution >= 4 is 11.8 Å².